The van der Waals surface area contributed by atoms with Gasteiger partial charge >= 0.3 is 0 Å². The highest BCUT2D eigenvalue weighted by Crippen LogP contribution is 2.26. The average Bonchev–Trinajstić information content (AvgIpc) is 2.99. The third-order valence-corrected chi connectivity index (χ3v) is 4.25. The zero-order chi connectivity index (χ0) is 16.2. The van der Waals surface area contributed by atoms with Gasteiger partial charge in [0, 0.05) is 6.54 Å². The topological polar surface area (TPSA) is 40.7 Å². The lowest BCUT2D eigenvalue weighted by Gasteiger charge is -2.11. The predicted octanol–water partition coefficient (Wildman–Crippen LogP) is 5.52. The quantitative estimate of drug-likeness (QED) is 0.553. The van der Waals surface area contributed by atoms with Gasteiger partial charge in [-0.15, -0.1) is 24.8 Å². The lowest BCUT2D eigenvalue weighted by Crippen LogP contribution is -2.16. The van der Waals surface area contributed by atoms with Crippen LogP contribution in [0.5, 0.6) is 0 Å². The monoisotopic (exact) mass is 379 g/mol. The Morgan fingerprint density at radius 1 is 1.08 bits per heavy atom. The second-order valence-corrected chi connectivity index (χ2v) is 6.64. The van der Waals surface area contributed by atoms with Crippen molar-refractivity contribution < 1.29 is 0 Å². The third kappa shape index (κ3) is 5.46. The Morgan fingerprint density at radius 2 is 1.88 bits per heavy atom. The number of nitrogens with one attached hydrogen (secondary N) is 2. The maximum absolute atomic E-state index is 4.28. The molecule has 0 aliphatic carbocycles. The van der Waals surface area contributed by atoms with Crippen molar-refractivity contribution in [2.45, 2.75) is 33.7 Å². The van der Waals surface area contributed by atoms with Crippen LogP contribution in [0.3, 0.4) is 0 Å². The molecular weight excluding hydrogens is 353 g/mol. The van der Waals surface area contributed by atoms with Gasteiger partial charge in [0.1, 0.15) is 0 Å². The zero-order valence-corrected chi connectivity index (χ0v) is 16.6. The van der Waals surface area contributed by atoms with Gasteiger partial charge in [-0.1, -0.05) is 38.1 Å². The fraction of sp³-hybridized carbons (Fsp3) is 0.350. The van der Waals surface area contributed by atoms with Crippen LogP contribution in [0.15, 0.2) is 42.7 Å². The number of nitrogens with zero attached hydrogens (tertiary/aromatic N) is 1. The van der Waals surface area contributed by atoms with Crippen molar-refractivity contribution in [1.82, 2.24) is 15.3 Å². The Balaban J connectivity index is 0.00000156. The molecule has 1 heterocycles. The Kier molecular flexibility index (Phi) is 8.43. The molecule has 0 unspecified atom stereocenters. The van der Waals surface area contributed by atoms with Crippen molar-refractivity contribution >= 4 is 35.8 Å². The number of hydrogen-bond donors (Lipinski definition) is 2. The van der Waals surface area contributed by atoms with Gasteiger partial charge in [-0.05, 0) is 60.2 Å². The van der Waals surface area contributed by atoms with E-state index < -0.39 is 0 Å². The molecule has 0 atom stereocenters. The van der Waals surface area contributed by atoms with Crippen LogP contribution >= 0.6 is 24.8 Å². The number of H-pyrrole nitrogens is 1. The molecule has 0 aliphatic rings. The Morgan fingerprint density at radius 3 is 2.60 bits per heavy atom. The molecule has 1 aromatic heterocycles. The summed E-state index contributed by atoms with van der Waals surface area (Å²) in [7, 11) is 0. The van der Waals surface area contributed by atoms with E-state index in [1.54, 1.807) is 6.33 Å². The molecule has 0 saturated carbocycles. The normalized spacial score (nSPS) is 10.6. The van der Waals surface area contributed by atoms with Gasteiger partial charge in [-0.3, -0.25) is 0 Å². The minimum absolute atomic E-state index is 0. The van der Waals surface area contributed by atoms with Crippen molar-refractivity contribution in [1.29, 1.82) is 0 Å². The minimum atomic E-state index is 0. The Labute approximate surface area is 162 Å². The molecular formula is C20H27Cl2N3. The summed E-state index contributed by atoms with van der Waals surface area (Å²) in [4.78, 5) is 7.46. The lowest BCUT2D eigenvalue weighted by atomic mass is 9.98. The van der Waals surface area contributed by atoms with Gasteiger partial charge in [-0.2, -0.15) is 0 Å². The van der Waals surface area contributed by atoms with Gasteiger partial charge in [0.2, 0.25) is 0 Å². The van der Waals surface area contributed by atoms with Crippen molar-refractivity contribution in [2.75, 3.05) is 6.54 Å². The van der Waals surface area contributed by atoms with Crippen molar-refractivity contribution in [3.05, 3.63) is 53.9 Å². The van der Waals surface area contributed by atoms with Gasteiger partial charge in [0.15, 0.2) is 0 Å². The molecule has 3 nitrogen and oxygen atoms in total. The molecule has 3 aromatic rings. The van der Waals surface area contributed by atoms with E-state index in [0.717, 1.165) is 30.0 Å². The Hall–Kier alpha value is -1.55. The van der Waals surface area contributed by atoms with Crippen LogP contribution < -0.4 is 5.32 Å². The maximum atomic E-state index is 4.28. The van der Waals surface area contributed by atoms with Gasteiger partial charge in [0.25, 0.3) is 0 Å². The summed E-state index contributed by atoms with van der Waals surface area (Å²) in [5.74, 6) is 0.754. The molecule has 0 aliphatic heterocycles. The standard InChI is InChI=1S/C20H25N3.2ClH/c1-14(2)8-9-21-12-16-4-6-18(15(3)10-16)17-5-7-19-20(11-17)23-13-22-19;;/h4-7,10-11,13-14,21H,8-9,12H2,1-3H3,(H,22,23);2*1H. The first-order valence-corrected chi connectivity index (χ1v) is 8.37. The van der Waals surface area contributed by atoms with Crippen LogP contribution in [0.1, 0.15) is 31.4 Å². The zero-order valence-electron chi connectivity index (χ0n) is 15.0. The number of aryl methyl sites for hydroxylation is 1. The fourth-order valence-corrected chi connectivity index (χ4v) is 2.89. The molecule has 2 aromatic carbocycles. The molecule has 3 rings (SSSR count). The summed E-state index contributed by atoms with van der Waals surface area (Å²) in [6, 6.07) is 13.1. The van der Waals surface area contributed by atoms with Crippen molar-refractivity contribution in [2.24, 2.45) is 5.92 Å². The molecule has 136 valence electrons. The molecule has 25 heavy (non-hydrogen) atoms. The fourth-order valence-electron chi connectivity index (χ4n) is 2.89. The minimum Gasteiger partial charge on any atom is -0.345 e. The average molecular weight is 380 g/mol. The molecule has 0 bridgehead atoms. The van der Waals surface area contributed by atoms with E-state index in [0.29, 0.717) is 0 Å². The van der Waals surface area contributed by atoms with Crippen LogP contribution in [0.25, 0.3) is 22.2 Å². The van der Waals surface area contributed by atoms with E-state index in [-0.39, 0.29) is 24.8 Å². The molecule has 5 heteroatoms. The summed E-state index contributed by atoms with van der Waals surface area (Å²) in [5.41, 5.74) is 7.27. The number of aromatic amines is 1. The first-order valence-electron chi connectivity index (χ1n) is 8.37. The molecule has 0 saturated heterocycles. The van der Waals surface area contributed by atoms with Crippen LogP contribution in [0, 0.1) is 12.8 Å². The van der Waals surface area contributed by atoms with E-state index in [2.05, 4.69) is 72.5 Å². The molecule has 0 fully saturated rings. The summed E-state index contributed by atoms with van der Waals surface area (Å²) in [6.45, 7) is 8.72. The summed E-state index contributed by atoms with van der Waals surface area (Å²) < 4.78 is 0. The van der Waals surface area contributed by atoms with Crippen molar-refractivity contribution in [3.8, 4) is 11.1 Å². The van der Waals surface area contributed by atoms with Crippen LogP contribution in [0.4, 0.5) is 0 Å². The van der Waals surface area contributed by atoms with Crippen LogP contribution in [-0.2, 0) is 6.54 Å². The molecule has 2 N–H and O–H groups in total. The largest absolute Gasteiger partial charge is 0.345 e. The molecule has 0 amide bonds. The van der Waals surface area contributed by atoms with Crippen LogP contribution in [-0.4, -0.2) is 16.5 Å². The number of hydrogen-bond acceptors (Lipinski definition) is 2. The van der Waals surface area contributed by atoms with E-state index in [1.807, 2.05) is 0 Å². The summed E-state index contributed by atoms with van der Waals surface area (Å²) in [6.07, 6.45) is 2.97. The SMILES string of the molecule is Cc1cc(CNCCC(C)C)ccc1-c1ccc2nc[nH]c2c1.Cl.Cl. The van der Waals surface area contributed by atoms with E-state index in [9.17, 15) is 0 Å². The molecule has 0 radical (unpaired) electrons. The lowest BCUT2D eigenvalue weighted by molar-refractivity contribution is 0.537. The van der Waals surface area contributed by atoms with Crippen molar-refractivity contribution in [3.63, 3.8) is 0 Å². The summed E-state index contributed by atoms with van der Waals surface area (Å²) >= 11 is 0. The van der Waals surface area contributed by atoms with Gasteiger partial charge < -0.3 is 10.3 Å². The predicted molar refractivity (Wildman–Crippen MR) is 112 cm³/mol. The highest BCUT2D eigenvalue weighted by Gasteiger charge is 2.05. The smallest absolute Gasteiger partial charge is 0.0931 e. The summed E-state index contributed by atoms with van der Waals surface area (Å²) in [5, 5.41) is 3.53. The first-order chi connectivity index (χ1) is 11.1. The van der Waals surface area contributed by atoms with Gasteiger partial charge in [0.05, 0.1) is 17.4 Å². The second-order valence-electron chi connectivity index (χ2n) is 6.64. The number of rotatable bonds is 6. The van der Waals surface area contributed by atoms with Gasteiger partial charge in [-0.25, -0.2) is 4.98 Å². The third-order valence-electron chi connectivity index (χ3n) is 4.25. The second kappa shape index (κ2) is 9.81. The highest BCUT2D eigenvalue weighted by molar-refractivity contribution is 5.85. The number of aromatic nitrogens is 2. The molecule has 0 spiro atoms. The van der Waals surface area contributed by atoms with Crippen LogP contribution in [0.2, 0.25) is 0 Å². The number of halogens is 2. The van der Waals surface area contributed by atoms with E-state index >= 15 is 0 Å². The number of fused-ring (bicyclic) bond motifs is 1. The number of benzene rings is 2. The van der Waals surface area contributed by atoms with E-state index in [4.69, 9.17) is 0 Å². The van der Waals surface area contributed by atoms with E-state index in [1.165, 1.54) is 28.7 Å². The Bertz CT molecular complexity index is 796. The number of imidazole rings is 1. The highest BCUT2D eigenvalue weighted by atomic mass is 35.5. The maximum Gasteiger partial charge on any atom is 0.0931 e. The first kappa shape index (κ1) is 21.5.